The number of carbonyl (C=O) groups excluding carboxylic acids is 3. The molecule has 0 aliphatic heterocycles. The van der Waals surface area contributed by atoms with Gasteiger partial charge in [-0.05, 0) is 68.1 Å². The highest BCUT2D eigenvalue weighted by Gasteiger charge is 2.71. The van der Waals surface area contributed by atoms with Gasteiger partial charge in [0.05, 0.1) is 17.6 Å². The Hall–Kier alpha value is -1.42. The molecule has 0 N–H and O–H groups in total. The third-order valence-electron chi connectivity index (χ3n) is 10.4. The number of ether oxygens (including phenoxy) is 1. The largest absolute Gasteiger partial charge is 0.469 e. The van der Waals surface area contributed by atoms with Gasteiger partial charge in [-0.1, -0.05) is 50.4 Å². The standard InChI is InChI=1S/C27H35ClO4/c1-14(2)16-13-27-10-7-19-25(3,8-6-9-26(19,4)24(31)32-5)20(27)11-15(16)21-18(29)12-17(28)23(30)22(21)27/h12-15,19-22H,6-11H2,1-5H3/t15-,19-,20+,21-,22+,25-,26+,27+/m0/s1. The van der Waals surface area contributed by atoms with Gasteiger partial charge in [-0.2, -0.15) is 0 Å². The topological polar surface area (TPSA) is 60.4 Å². The van der Waals surface area contributed by atoms with Crippen molar-refractivity contribution < 1.29 is 19.1 Å². The lowest BCUT2D eigenvalue weighted by molar-refractivity contribution is -0.199. The predicted octanol–water partition coefficient (Wildman–Crippen LogP) is 5.49. The van der Waals surface area contributed by atoms with Crippen molar-refractivity contribution in [2.75, 3.05) is 7.11 Å². The summed E-state index contributed by atoms with van der Waals surface area (Å²) in [6.07, 6.45) is 9.33. The fraction of sp³-hybridized carbons (Fsp3) is 0.741. The number of allylic oxidation sites excluding steroid dienone is 4. The van der Waals surface area contributed by atoms with Crippen LogP contribution in [0.15, 0.2) is 22.8 Å². The van der Waals surface area contributed by atoms with Gasteiger partial charge in [0.2, 0.25) is 0 Å². The number of ketones is 2. The molecule has 3 saturated carbocycles. The molecule has 0 unspecified atom stereocenters. The van der Waals surface area contributed by atoms with Gasteiger partial charge in [0, 0.05) is 23.3 Å². The lowest BCUT2D eigenvalue weighted by atomic mass is 9.33. The normalized spacial score (nSPS) is 47.3. The number of carbonyl (C=O) groups is 3. The van der Waals surface area contributed by atoms with Crippen LogP contribution >= 0.6 is 11.6 Å². The second-order valence-electron chi connectivity index (χ2n) is 11.9. The summed E-state index contributed by atoms with van der Waals surface area (Å²) in [4.78, 5) is 39.7. The summed E-state index contributed by atoms with van der Waals surface area (Å²) in [5.74, 6) is 0.180. The van der Waals surface area contributed by atoms with E-state index in [1.807, 2.05) is 0 Å². The average Bonchev–Trinajstić information content (AvgIpc) is 2.75. The molecule has 174 valence electrons. The van der Waals surface area contributed by atoms with Crippen molar-refractivity contribution in [3.63, 3.8) is 0 Å². The Labute approximate surface area is 196 Å². The van der Waals surface area contributed by atoms with E-state index >= 15 is 0 Å². The lowest BCUT2D eigenvalue weighted by Gasteiger charge is -2.69. The number of hydrogen-bond acceptors (Lipinski definition) is 4. The highest BCUT2D eigenvalue weighted by atomic mass is 35.5. The van der Waals surface area contributed by atoms with E-state index in [-0.39, 0.29) is 63.0 Å². The molecule has 32 heavy (non-hydrogen) atoms. The molecule has 0 heterocycles. The molecule has 0 amide bonds. The Morgan fingerprint density at radius 3 is 2.53 bits per heavy atom. The summed E-state index contributed by atoms with van der Waals surface area (Å²) in [6.45, 7) is 8.85. The van der Waals surface area contributed by atoms with Gasteiger partial charge in [0.25, 0.3) is 0 Å². The molecule has 5 heteroatoms. The first-order valence-corrected chi connectivity index (χ1v) is 12.7. The van der Waals surface area contributed by atoms with Gasteiger partial charge in [-0.25, -0.2) is 0 Å². The number of rotatable bonds is 2. The van der Waals surface area contributed by atoms with Crippen LogP contribution in [0.5, 0.6) is 0 Å². The van der Waals surface area contributed by atoms with E-state index in [1.54, 1.807) is 0 Å². The van der Waals surface area contributed by atoms with Gasteiger partial charge in [-0.3, -0.25) is 14.4 Å². The monoisotopic (exact) mass is 458 g/mol. The first-order chi connectivity index (χ1) is 15.0. The Bertz CT molecular complexity index is 963. The molecule has 0 radical (unpaired) electrons. The second kappa shape index (κ2) is 7.04. The molecule has 4 nitrogen and oxygen atoms in total. The maximum absolute atomic E-state index is 13.5. The number of fused-ring (bicyclic) bond motifs is 1. The van der Waals surface area contributed by atoms with Crippen LogP contribution in [-0.4, -0.2) is 24.6 Å². The Morgan fingerprint density at radius 1 is 1.16 bits per heavy atom. The van der Waals surface area contributed by atoms with E-state index in [1.165, 1.54) is 18.8 Å². The fourth-order valence-corrected chi connectivity index (χ4v) is 9.52. The molecular formula is C27H35ClO4. The zero-order chi connectivity index (χ0) is 23.2. The first-order valence-electron chi connectivity index (χ1n) is 12.3. The summed E-state index contributed by atoms with van der Waals surface area (Å²) in [6, 6.07) is 0. The quantitative estimate of drug-likeness (QED) is 0.405. The molecule has 0 aromatic rings. The molecule has 6 aliphatic carbocycles. The van der Waals surface area contributed by atoms with E-state index in [0.29, 0.717) is 5.92 Å². The third-order valence-corrected chi connectivity index (χ3v) is 10.7. The highest BCUT2D eigenvalue weighted by Crippen LogP contribution is 2.74. The lowest BCUT2D eigenvalue weighted by Crippen LogP contribution is -2.67. The number of Topliss-reactive ketones (excluding diaryl/α,β-unsaturated/α-hetero) is 1. The molecular weight excluding hydrogens is 424 g/mol. The summed E-state index contributed by atoms with van der Waals surface area (Å²) < 4.78 is 5.29. The molecule has 3 fully saturated rings. The zero-order valence-electron chi connectivity index (χ0n) is 19.9. The molecule has 2 bridgehead atoms. The maximum atomic E-state index is 13.5. The summed E-state index contributed by atoms with van der Waals surface area (Å²) >= 11 is 6.33. The van der Waals surface area contributed by atoms with E-state index in [2.05, 4.69) is 33.8 Å². The molecule has 0 aromatic carbocycles. The number of hydrogen-bond donors (Lipinski definition) is 0. The van der Waals surface area contributed by atoms with Crippen molar-refractivity contribution in [2.24, 2.45) is 51.8 Å². The minimum absolute atomic E-state index is 0.0315. The van der Waals surface area contributed by atoms with Crippen LogP contribution in [0.4, 0.5) is 0 Å². The van der Waals surface area contributed by atoms with Gasteiger partial charge >= 0.3 is 5.97 Å². The Morgan fingerprint density at radius 2 is 1.88 bits per heavy atom. The zero-order valence-corrected chi connectivity index (χ0v) is 20.6. The minimum Gasteiger partial charge on any atom is -0.469 e. The van der Waals surface area contributed by atoms with Gasteiger partial charge in [-0.15, -0.1) is 0 Å². The number of methoxy groups -OCH3 is 1. The number of halogens is 1. The van der Waals surface area contributed by atoms with Crippen LogP contribution in [0.25, 0.3) is 0 Å². The van der Waals surface area contributed by atoms with Gasteiger partial charge < -0.3 is 4.74 Å². The van der Waals surface area contributed by atoms with Crippen LogP contribution in [0.3, 0.4) is 0 Å². The van der Waals surface area contributed by atoms with E-state index in [4.69, 9.17) is 16.3 Å². The van der Waals surface area contributed by atoms with Crippen LogP contribution in [0, 0.1) is 51.8 Å². The van der Waals surface area contributed by atoms with Crippen LogP contribution < -0.4 is 0 Å². The van der Waals surface area contributed by atoms with Crippen molar-refractivity contribution >= 4 is 29.1 Å². The molecule has 6 aliphatic rings. The minimum atomic E-state index is -0.492. The smallest absolute Gasteiger partial charge is 0.311 e. The average molecular weight is 459 g/mol. The number of esters is 1. The van der Waals surface area contributed by atoms with Crippen molar-refractivity contribution in [3.05, 3.63) is 22.8 Å². The molecule has 0 saturated heterocycles. The Kier molecular flexibility index (Phi) is 4.92. The van der Waals surface area contributed by atoms with Gasteiger partial charge in [0.1, 0.15) is 0 Å². The first kappa shape index (κ1) is 22.4. The summed E-state index contributed by atoms with van der Waals surface area (Å²) in [5.41, 5.74) is 0.440. The van der Waals surface area contributed by atoms with E-state index in [0.717, 1.165) is 38.5 Å². The van der Waals surface area contributed by atoms with Crippen molar-refractivity contribution in [1.82, 2.24) is 0 Å². The second-order valence-corrected chi connectivity index (χ2v) is 12.3. The highest BCUT2D eigenvalue weighted by molar-refractivity contribution is 6.45. The molecule has 0 aromatic heterocycles. The SMILES string of the molecule is COC(=O)[C@]1(C)CCC[C@]2(C)[C@H]3C[C@H]4C(C(C)C)=C[C@@]3(CC[C@@H]21)[C@H]1C(=O)C(Cl)=CC(=O)[C@H]41. The Balaban J connectivity index is 1.67. The van der Waals surface area contributed by atoms with Crippen molar-refractivity contribution in [2.45, 2.75) is 66.2 Å². The maximum Gasteiger partial charge on any atom is 0.311 e. The fourth-order valence-electron chi connectivity index (χ4n) is 9.29. The predicted molar refractivity (Wildman–Crippen MR) is 123 cm³/mol. The molecule has 8 atom stereocenters. The van der Waals surface area contributed by atoms with E-state index in [9.17, 15) is 14.4 Å². The van der Waals surface area contributed by atoms with Crippen molar-refractivity contribution in [3.8, 4) is 0 Å². The van der Waals surface area contributed by atoms with Crippen LogP contribution in [0.2, 0.25) is 0 Å². The molecule has 6 rings (SSSR count). The van der Waals surface area contributed by atoms with Crippen LogP contribution in [-0.2, 0) is 19.1 Å². The van der Waals surface area contributed by atoms with E-state index < -0.39 is 5.41 Å². The third kappa shape index (κ3) is 2.59. The van der Waals surface area contributed by atoms with Crippen molar-refractivity contribution in [1.29, 1.82) is 0 Å². The summed E-state index contributed by atoms with van der Waals surface area (Å²) in [7, 11) is 1.50. The summed E-state index contributed by atoms with van der Waals surface area (Å²) in [5, 5.41) is 0.103. The van der Waals surface area contributed by atoms with Crippen LogP contribution in [0.1, 0.15) is 66.2 Å². The molecule has 1 spiro atoms. The van der Waals surface area contributed by atoms with Gasteiger partial charge in [0.15, 0.2) is 11.6 Å².